The molecule has 1 atom stereocenters. The van der Waals surface area contributed by atoms with Gasteiger partial charge in [-0.1, -0.05) is 0 Å². The zero-order chi connectivity index (χ0) is 14.0. The Kier molecular flexibility index (Phi) is 3.50. The highest BCUT2D eigenvalue weighted by molar-refractivity contribution is 5.98. The quantitative estimate of drug-likeness (QED) is 0.710. The predicted molar refractivity (Wildman–Crippen MR) is 60.3 cm³/mol. The molecule has 1 aliphatic rings. The summed E-state index contributed by atoms with van der Waals surface area (Å²) in [4.78, 5) is 39.4. The average molecular weight is 268 g/mol. The lowest BCUT2D eigenvalue weighted by molar-refractivity contribution is -0.145. The maximum absolute atomic E-state index is 11.8. The van der Waals surface area contributed by atoms with Gasteiger partial charge in [0.15, 0.2) is 0 Å². The van der Waals surface area contributed by atoms with Gasteiger partial charge in [-0.15, -0.1) is 0 Å². The van der Waals surface area contributed by atoms with E-state index in [1.165, 1.54) is 25.3 Å². The maximum atomic E-state index is 11.8. The Hall–Kier alpha value is -2.38. The molecule has 0 aliphatic carbocycles. The summed E-state index contributed by atoms with van der Waals surface area (Å²) in [5, 5.41) is 0. The van der Waals surface area contributed by atoms with Gasteiger partial charge >= 0.3 is 18.0 Å². The molecular weight excluding hydrogens is 256 g/mol. The van der Waals surface area contributed by atoms with Crippen molar-refractivity contribution >= 4 is 23.9 Å². The van der Waals surface area contributed by atoms with Crippen LogP contribution in [0.4, 0.5) is 6.01 Å². The third-order valence-electron chi connectivity index (χ3n) is 2.77. The van der Waals surface area contributed by atoms with E-state index in [4.69, 9.17) is 4.42 Å². The number of carbonyl (C=O) groups is 3. The summed E-state index contributed by atoms with van der Waals surface area (Å²) in [5.74, 6) is -2.11. The van der Waals surface area contributed by atoms with Crippen molar-refractivity contribution in [3.05, 3.63) is 12.0 Å². The van der Waals surface area contributed by atoms with Gasteiger partial charge in [0.25, 0.3) is 0 Å². The van der Waals surface area contributed by atoms with Crippen LogP contribution in [-0.2, 0) is 19.1 Å². The molecule has 8 heteroatoms. The van der Waals surface area contributed by atoms with E-state index >= 15 is 0 Å². The van der Waals surface area contributed by atoms with E-state index in [1.54, 1.807) is 0 Å². The molecule has 1 amide bonds. The van der Waals surface area contributed by atoms with Gasteiger partial charge in [-0.2, -0.15) is 0 Å². The SMILES string of the molecule is COC(=O)c1cnc(N2CC(C(=O)OC)CC2=O)o1. The fourth-order valence-electron chi connectivity index (χ4n) is 1.80. The van der Waals surface area contributed by atoms with E-state index in [9.17, 15) is 14.4 Å². The Bertz CT molecular complexity index is 523. The van der Waals surface area contributed by atoms with Crippen LogP contribution in [-0.4, -0.2) is 43.6 Å². The molecule has 1 saturated heterocycles. The highest BCUT2D eigenvalue weighted by Crippen LogP contribution is 2.25. The van der Waals surface area contributed by atoms with Crippen LogP contribution in [0, 0.1) is 5.92 Å². The number of hydrogen-bond donors (Lipinski definition) is 0. The van der Waals surface area contributed by atoms with Crippen LogP contribution in [0.25, 0.3) is 0 Å². The number of hydrogen-bond acceptors (Lipinski definition) is 7. The number of carbonyl (C=O) groups excluding carboxylic acids is 3. The second-order valence-electron chi connectivity index (χ2n) is 3.93. The minimum Gasteiger partial charge on any atom is -0.469 e. The first-order valence-corrected chi connectivity index (χ1v) is 5.49. The lowest BCUT2D eigenvalue weighted by Gasteiger charge is -2.10. The molecule has 2 heterocycles. The largest absolute Gasteiger partial charge is 0.469 e. The van der Waals surface area contributed by atoms with Crippen LogP contribution in [0.15, 0.2) is 10.6 Å². The number of esters is 2. The van der Waals surface area contributed by atoms with E-state index in [0.29, 0.717) is 0 Å². The third-order valence-corrected chi connectivity index (χ3v) is 2.77. The van der Waals surface area contributed by atoms with Crippen molar-refractivity contribution in [2.75, 3.05) is 25.7 Å². The summed E-state index contributed by atoms with van der Waals surface area (Å²) >= 11 is 0. The fraction of sp³-hybridized carbons (Fsp3) is 0.455. The molecule has 1 aliphatic heterocycles. The highest BCUT2D eigenvalue weighted by Gasteiger charge is 2.38. The van der Waals surface area contributed by atoms with Crippen LogP contribution in [0.2, 0.25) is 0 Å². The average Bonchev–Trinajstić information content (AvgIpc) is 3.03. The standard InChI is InChI=1S/C11H12N2O6/c1-17-9(15)6-3-8(14)13(5-6)11-12-4-7(19-11)10(16)18-2/h4,6H,3,5H2,1-2H3. The molecular formula is C11H12N2O6. The Balaban J connectivity index is 2.14. The molecule has 1 fully saturated rings. The van der Waals surface area contributed by atoms with E-state index in [-0.39, 0.29) is 30.6 Å². The Morgan fingerprint density at radius 2 is 2.16 bits per heavy atom. The highest BCUT2D eigenvalue weighted by atomic mass is 16.5. The smallest absolute Gasteiger partial charge is 0.375 e. The Morgan fingerprint density at radius 3 is 2.79 bits per heavy atom. The van der Waals surface area contributed by atoms with Gasteiger partial charge in [0.2, 0.25) is 11.7 Å². The molecule has 19 heavy (non-hydrogen) atoms. The van der Waals surface area contributed by atoms with Crippen LogP contribution in [0.5, 0.6) is 0 Å². The molecule has 1 unspecified atom stereocenters. The van der Waals surface area contributed by atoms with Crippen molar-refractivity contribution in [1.82, 2.24) is 4.98 Å². The van der Waals surface area contributed by atoms with E-state index in [1.807, 2.05) is 0 Å². The van der Waals surface area contributed by atoms with Crippen molar-refractivity contribution in [3.63, 3.8) is 0 Å². The number of anilines is 1. The number of rotatable bonds is 3. The summed E-state index contributed by atoms with van der Waals surface area (Å²) in [6.45, 7) is 0.118. The summed E-state index contributed by atoms with van der Waals surface area (Å²) in [5.41, 5.74) is 0. The van der Waals surface area contributed by atoms with Crippen molar-refractivity contribution in [1.29, 1.82) is 0 Å². The van der Waals surface area contributed by atoms with Crippen molar-refractivity contribution in [2.45, 2.75) is 6.42 Å². The first-order chi connectivity index (χ1) is 9.06. The van der Waals surface area contributed by atoms with E-state index in [0.717, 1.165) is 0 Å². The normalized spacial score (nSPS) is 18.5. The second-order valence-corrected chi connectivity index (χ2v) is 3.93. The van der Waals surface area contributed by atoms with E-state index in [2.05, 4.69) is 14.5 Å². The molecule has 2 rings (SSSR count). The van der Waals surface area contributed by atoms with Gasteiger partial charge in [0, 0.05) is 13.0 Å². The summed E-state index contributed by atoms with van der Waals surface area (Å²) in [6, 6.07) is -0.0307. The molecule has 0 aromatic carbocycles. The molecule has 0 spiro atoms. The zero-order valence-corrected chi connectivity index (χ0v) is 10.4. The minimum absolute atomic E-state index is 0.0304. The number of methoxy groups -OCH3 is 2. The number of nitrogens with zero attached hydrogens (tertiary/aromatic N) is 2. The number of ether oxygens (including phenoxy) is 2. The topological polar surface area (TPSA) is 98.9 Å². The molecule has 1 aromatic heterocycles. The molecule has 0 saturated carbocycles. The summed E-state index contributed by atoms with van der Waals surface area (Å²) < 4.78 is 14.2. The van der Waals surface area contributed by atoms with Crippen LogP contribution in [0.1, 0.15) is 17.0 Å². The van der Waals surface area contributed by atoms with Crippen LogP contribution < -0.4 is 4.90 Å². The predicted octanol–water partition coefficient (Wildman–Crippen LogP) is -0.0129. The summed E-state index contributed by atoms with van der Waals surface area (Å²) in [6.07, 6.45) is 1.20. The molecule has 0 bridgehead atoms. The van der Waals surface area contributed by atoms with Gasteiger partial charge in [0.1, 0.15) is 0 Å². The van der Waals surface area contributed by atoms with Crippen LogP contribution >= 0.6 is 0 Å². The maximum Gasteiger partial charge on any atom is 0.375 e. The van der Waals surface area contributed by atoms with Crippen molar-refractivity contribution in [2.24, 2.45) is 5.92 Å². The van der Waals surface area contributed by atoms with Gasteiger partial charge in [-0.05, 0) is 0 Å². The van der Waals surface area contributed by atoms with Crippen molar-refractivity contribution in [3.8, 4) is 0 Å². The van der Waals surface area contributed by atoms with Gasteiger partial charge in [-0.25, -0.2) is 9.78 Å². The van der Waals surface area contributed by atoms with Gasteiger partial charge in [0.05, 0.1) is 26.3 Å². The molecule has 8 nitrogen and oxygen atoms in total. The van der Waals surface area contributed by atoms with Gasteiger partial charge in [-0.3, -0.25) is 14.5 Å². The number of oxazole rings is 1. The number of aromatic nitrogens is 1. The molecule has 0 radical (unpaired) electrons. The molecule has 102 valence electrons. The molecule has 1 aromatic rings. The number of amides is 1. The fourth-order valence-corrected chi connectivity index (χ4v) is 1.80. The molecule has 0 N–H and O–H groups in total. The first-order valence-electron chi connectivity index (χ1n) is 5.49. The monoisotopic (exact) mass is 268 g/mol. The Morgan fingerprint density at radius 1 is 1.42 bits per heavy atom. The second kappa shape index (κ2) is 5.09. The Labute approximate surface area is 108 Å². The lowest BCUT2D eigenvalue weighted by atomic mass is 10.1. The zero-order valence-electron chi connectivity index (χ0n) is 10.4. The summed E-state index contributed by atoms with van der Waals surface area (Å²) in [7, 11) is 2.47. The van der Waals surface area contributed by atoms with Crippen molar-refractivity contribution < 1.29 is 28.3 Å². The first kappa shape index (κ1) is 13.1. The third kappa shape index (κ3) is 2.42. The van der Waals surface area contributed by atoms with E-state index < -0.39 is 17.9 Å². The minimum atomic E-state index is -0.685. The van der Waals surface area contributed by atoms with Crippen LogP contribution in [0.3, 0.4) is 0 Å². The van der Waals surface area contributed by atoms with Gasteiger partial charge < -0.3 is 13.9 Å². The lowest BCUT2D eigenvalue weighted by Crippen LogP contribution is -2.26.